The van der Waals surface area contributed by atoms with Gasteiger partial charge < -0.3 is 20.1 Å². The molecule has 2 aromatic carbocycles. The van der Waals surface area contributed by atoms with Gasteiger partial charge in [0, 0.05) is 36.7 Å². The van der Waals surface area contributed by atoms with Crippen molar-refractivity contribution in [2.24, 2.45) is 11.8 Å². The van der Waals surface area contributed by atoms with Crippen LogP contribution in [0.3, 0.4) is 0 Å². The summed E-state index contributed by atoms with van der Waals surface area (Å²) >= 11 is 0. The molecule has 2 aliphatic heterocycles. The molecule has 2 aromatic rings. The van der Waals surface area contributed by atoms with Gasteiger partial charge in [-0.2, -0.15) is 26.3 Å². The summed E-state index contributed by atoms with van der Waals surface area (Å²) in [7, 11) is 0. The molecule has 0 radical (unpaired) electrons. The highest BCUT2D eigenvalue weighted by atomic mass is 19.4. The van der Waals surface area contributed by atoms with Crippen LogP contribution < -0.4 is 5.32 Å². The summed E-state index contributed by atoms with van der Waals surface area (Å²) in [5.41, 5.74) is -1.79. The molecule has 1 aliphatic carbocycles. The van der Waals surface area contributed by atoms with Crippen LogP contribution in [0.1, 0.15) is 54.0 Å². The maximum atomic E-state index is 13.8. The smallest absolute Gasteiger partial charge is 0.373 e. The van der Waals surface area contributed by atoms with Gasteiger partial charge in [-0.05, 0) is 67.1 Å². The second-order valence-electron chi connectivity index (χ2n) is 10.9. The van der Waals surface area contributed by atoms with Crippen LogP contribution in [0, 0.1) is 17.7 Å². The van der Waals surface area contributed by atoms with E-state index in [1.54, 1.807) is 17.0 Å². The fourth-order valence-corrected chi connectivity index (χ4v) is 6.40. The standard InChI is InChI=1S/C29H29F7N2O3/c1-15(17-8-18(28(31,32)33)10-19(9-17)29(34,35)36)41-25-7-6-23-24(26(25)16-2-4-20(30)5-3-16)14-38(27(23)40)21-11-22(39)13-37-12-21/h2-5,8-11,15,23-27,37,40H,6-7,12-14H2,1H3/t15-,23+,24-,25+,26+,27?/m1/s1. The number of rotatable bonds is 5. The van der Waals surface area contributed by atoms with Crippen molar-refractivity contribution in [2.75, 3.05) is 19.6 Å². The Labute approximate surface area is 232 Å². The Balaban J connectivity index is 1.47. The molecule has 0 amide bonds. The molecule has 41 heavy (non-hydrogen) atoms. The summed E-state index contributed by atoms with van der Waals surface area (Å²) in [4.78, 5) is 13.8. The van der Waals surface area contributed by atoms with E-state index in [0.717, 1.165) is 0 Å². The lowest BCUT2D eigenvalue weighted by Crippen LogP contribution is -2.40. The number of alkyl halides is 6. The van der Waals surface area contributed by atoms with Crippen molar-refractivity contribution in [3.05, 3.63) is 82.3 Å². The van der Waals surface area contributed by atoms with Gasteiger partial charge in [-0.1, -0.05) is 12.1 Å². The molecular weight excluding hydrogens is 557 g/mol. The van der Waals surface area contributed by atoms with Crippen LogP contribution in [0.25, 0.3) is 0 Å². The number of aliphatic hydroxyl groups is 1. The number of ketones is 1. The lowest BCUT2D eigenvalue weighted by atomic mass is 9.69. The fourth-order valence-electron chi connectivity index (χ4n) is 6.40. The summed E-state index contributed by atoms with van der Waals surface area (Å²) in [6.45, 7) is 2.32. The van der Waals surface area contributed by atoms with E-state index in [-0.39, 0.29) is 35.8 Å². The van der Waals surface area contributed by atoms with Gasteiger partial charge in [-0.15, -0.1) is 0 Å². The maximum absolute atomic E-state index is 13.8. The monoisotopic (exact) mass is 586 g/mol. The third kappa shape index (κ3) is 6.14. The minimum absolute atomic E-state index is 0.0802. The Kier molecular flexibility index (Phi) is 7.95. The normalized spacial score (nSPS) is 27.9. The molecule has 2 heterocycles. The van der Waals surface area contributed by atoms with Crippen molar-refractivity contribution < 1.29 is 45.4 Å². The average Bonchev–Trinajstić information content (AvgIpc) is 3.24. The molecule has 1 saturated carbocycles. The van der Waals surface area contributed by atoms with E-state index < -0.39 is 53.7 Å². The number of ether oxygens (including phenoxy) is 1. The molecule has 2 fully saturated rings. The Bertz CT molecular complexity index is 1280. The third-order valence-electron chi connectivity index (χ3n) is 8.32. The van der Waals surface area contributed by atoms with Gasteiger partial charge in [-0.3, -0.25) is 4.79 Å². The highest BCUT2D eigenvalue weighted by Crippen LogP contribution is 2.50. The maximum Gasteiger partial charge on any atom is 0.416 e. The predicted molar refractivity (Wildman–Crippen MR) is 134 cm³/mol. The second kappa shape index (κ2) is 11.0. The number of fused-ring (bicyclic) bond motifs is 1. The van der Waals surface area contributed by atoms with Crippen LogP contribution in [0.15, 0.2) is 54.2 Å². The number of carbonyl (C=O) groups is 1. The zero-order chi connectivity index (χ0) is 29.7. The number of nitrogens with one attached hydrogen (secondary N) is 1. The summed E-state index contributed by atoms with van der Waals surface area (Å²) < 4.78 is 101. The molecule has 12 heteroatoms. The van der Waals surface area contributed by atoms with Crippen LogP contribution >= 0.6 is 0 Å². The number of nitrogens with zero attached hydrogens (tertiary/aromatic N) is 1. The molecule has 5 nitrogen and oxygen atoms in total. The van der Waals surface area contributed by atoms with Gasteiger partial charge in [0.05, 0.1) is 29.9 Å². The molecule has 1 unspecified atom stereocenters. The van der Waals surface area contributed by atoms with E-state index in [9.17, 15) is 40.6 Å². The molecule has 0 bridgehead atoms. The van der Waals surface area contributed by atoms with Crippen molar-refractivity contribution in [1.82, 2.24) is 10.2 Å². The molecule has 6 atom stereocenters. The Morgan fingerprint density at radius 1 is 0.951 bits per heavy atom. The highest BCUT2D eigenvalue weighted by molar-refractivity contribution is 5.92. The van der Waals surface area contributed by atoms with Gasteiger partial charge in [0.15, 0.2) is 5.78 Å². The van der Waals surface area contributed by atoms with E-state index >= 15 is 0 Å². The van der Waals surface area contributed by atoms with E-state index in [1.807, 2.05) is 0 Å². The molecule has 0 spiro atoms. The van der Waals surface area contributed by atoms with Crippen LogP contribution in [-0.4, -0.2) is 47.8 Å². The van der Waals surface area contributed by atoms with Gasteiger partial charge in [0.25, 0.3) is 0 Å². The van der Waals surface area contributed by atoms with E-state index in [1.165, 1.54) is 25.1 Å². The second-order valence-corrected chi connectivity index (χ2v) is 10.9. The number of aliphatic hydroxyl groups excluding tert-OH is 1. The Morgan fingerprint density at radius 3 is 2.17 bits per heavy atom. The Hall–Kier alpha value is -2.96. The lowest BCUT2D eigenvalue weighted by molar-refractivity contribution is -0.143. The number of hydrogen-bond donors (Lipinski definition) is 2. The molecule has 0 aromatic heterocycles. The molecule has 1 saturated heterocycles. The number of likely N-dealkylation sites (tertiary alicyclic amines) is 1. The zero-order valence-corrected chi connectivity index (χ0v) is 22.0. The van der Waals surface area contributed by atoms with Crippen LogP contribution in [0.5, 0.6) is 0 Å². The summed E-state index contributed by atoms with van der Waals surface area (Å²) in [5.74, 6) is -1.54. The first-order valence-corrected chi connectivity index (χ1v) is 13.3. The predicted octanol–water partition coefficient (Wildman–Crippen LogP) is 5.81. The first-order chi connectivity index (χ1) is 19.2. The number of halogens is 7. The van der Waals surface area contributed by atoms with Gasteiger partial charge >= 0.3 is 12.4 Å². The zero-order valence-electron chi connectivity index (χ0n) is 22.0. The van der Waals surface area contributed by atoms with Crippen molar-refractivity contribution in [3.8, 4) is 0 Å². The minimum Gasteiger partial charge on any atom is -0.373 e. The fraction of sp³-hybridized carbons (Fsp3) is 0.483. The van der Waals surface area contributed by atoms with Gasteiger partial charge in [0.2, 0.25) is 0 Å². The largest absolute Gasteiger partial charge is 0.416 e. The Morgan fingerprint density at radius 2 is 1.59 bits per heavy atom. The first kappa shape index (κ1) is 29.5. The molecule has 3 aliphatic rings. The van der Waals surface area contributed by atoms with Crippen molar-refractivity contribution in [1.29, 1.82) is 0 Å². The number of carbonyl (C=O) groups excluding carboxylic acids is 1. The van der Waals surface area contributed by atoms with E-state index in [2.05, 4.69) is 5.32 Å². The van der Waals surface area contributed by atoms with E-state index in [0.29, 0.717) is 49.3 Å². The van der Waals surface area contributed by atoms with Gasteiger partial charge in [-0.25, -0.2) is 4.39 Å². The lowest BCUT2D eigenvalue weighted by Gasteiger charge is -2.41. The van der Waals surface area contributed by atoms with Crippen molar-refractivity contribution in [3.63, 3.8) is 0 Å². The topological polar surface area (TPSA) is 61.8 Å². The summed E-state index contributed by atoms with van der Waals surface area (Å²) in [6.07, 6.45) is -10.3. The average molecular weight is 587 g/mol. The highest BCUT2D eigenvalue weighted by Gasteiger charge is 2.51. The minimum atomic E-state index is -4.99. The molecule has 2 N–H and O–H groups in total. The SMILES string of the molecule is C[C@@H](O[C@H]1CC[C@@H]2C(O)N(C3=CC(=O)CNC3)C[C@H]2[C@@H]1c1ccc(F)cc1)c1cc(C(F)(F)F)cc(C(F)(F)F)c1. The third-order valence-corrected chi connectivity index (χ3v) is 8.32. The quantitative estimate of drug-likeness (QED) is 0.434. The molecule has 5 rings (SSSR count). The summed E-state index contributed by atoms with van der Waals surface area (Å²) in [6, 6.07) is 7.12. The van der Waals surface area contributed by atoms with Crippen molar-refractivity contribution in [2.45, 2.75) is 56.5 Å². The molecular formula is C29H29F7N2O3. The number of benzene rings is 2. The van der Waals surface area contributed by atoms with Crippen LogP contribution in [0.4, 0.5) is 30.7 Å². The van der Waals surface area contributed by atoms with Crippen molar-refractivity contribution >= 4 is 5.78 Å². The van der Waals surface area contributed by atoms with Crippen LogP contribution in [-0.2, 0) is 21.9 Å². The molecule has 222 valence electrons. The summed E-state index contributed by atoms with van der Waals surface area (Å²) in [5, 5.41) is 14.2. The van der Waals surface area contributed by atoms with Crippen LogP contribution in [0.2, 0.25) is 0 Å². The number of hydrogen-bond acceptors (Lipinski definition) is 5. The first-order valence-electron chi connectivity index (χ1n) is 13.3. The van der Waals surface area contributed by atoms with Gasteiger partial charge in [0.1, 0.15) is 12.0 Å². The van der Waals surface area contributed by atoms with E-state index in [4.69, 9.17) is 4.74 Å².